The molecule has 1 aliphatic rings. The molecule has 21 heavy (non-hydrogen) atoms. The van der Waals surface area contributed by atoms with Crippen LogP contribution in [-0.4, -0.2) is 56.8 Å². The van der Waals surface area contributed by atoms with Crippen molar-refractivity contribution in [1.82, 2.24) is 10.2 Å². The minimum atomic E-state index is 0.0196. The maximum Gasteiger partial charge on any atom is 0.260 e. The van der Waals surface area contributed by atoms with Crippen molar-refractivity contribution in [3.05, 3.63) is 29.8 Å². The molecule has 1 aromatic carbocycles. The van der Waals surface area contributed by atoms with E-state index in [1.807, 2.05) is 31.3 Å². The average molecular weight is 292 g/mol. The number of hydrogen-bond acceptors (Lipinski definition) is 4. The Balaban J connectivity index is 1.79. The van der Waals surface area contributed by atoms with Crippen molar-refractivity contribution in [3.8, 4) is 5.75 Å². The highest BCUT2D eigenvalue weighted by atomic mass is 16.5. The molecule has 5 heteroatoms. The number of carbonyl (C=O) groups excluding carboxylic acids is 1. The first kappa shape index (κ1) is 15.8. The number of nitrogens with one attached hydrogen (secondary N) is 1. The zero-order valence-corrected chi connectivity index (χ0v) is 12.8. The molecule has 1 N–H and O–H groups in total. The van der Waals surface area contributed by atoms with Gasteiger partial charge in [-0.15, -0.1) is 0 Å². The molecule has 1 amide bonds. The van der Waals surface area contributed by atoms with Crippen LogP contribution in [0.2, 0.25) is 0 Å². The molecule has 1 aromatic rings. The van der Waals surface area contributed by atoms with Gasteiger partial charge in [-0.05, 0) is 38.1 Å². The van der Waals surface area contributed by atoms with E-state index in [9.17, 15) is 4.79 Å². The van der Waals surface area contributed by atoms with Gasteiger partial charge < -0.3 is 19.7 Å². The molecular formula is C16H24N2O3. The van der Waals surface area contributed by atoms with Gasteiger partial charge in [0, 0.05) is 19.1 Å². The Labute approximate surface area is 126 Å². The topological polar surface area (TPSA) is 50.8 Å². The van der Waals surface area contributed by atoms with E-state index in [0.29, 0.717) is 32.3 Å². The summed E-state index contributed by atoms with van der Waals surface area (Å²) in [6.45, 7) is 4.78. The number of hydrogen-bond donors (Lipinski definition) is 1. The number of nitrogens with zero attached hydrogens (tertiary/aromatic N) is 1. The molecule has 0 saturated carbocycles. The maximum absolute atomic E-state index is 12.0. The van der Waals surface area contributed by atoms with Crippen LogP contribution in [0.5, 0.6) is 5.75 Å². The molecule has 1 saturated heterocycles. The maximum atomic E-state index is 12.0. The Bertz CT molecular complexity index is 441. The monoisotopic (exact) mass is 292 g/mol. The molecule has 0 spiro atoms. The molecule has 0 aromatic heterocycles. The first-order chi connectivity index (χ1) is 10.2. The van der Waals surface area contributed by atoms with E-state index >= 15 is 0 Å². The lowest BCUT2D eigenvalue weighted by Crippen LogP contribution is -2.42. The second kappa shape index (κ2) is 8.00. The molecule has 1 unspecified atom stereocenters. The van der Waals surface area contributed by atoms with Gasteiger partial charge in [0.1, 0.15) is 5.75 Å². The van der Waals surface area contributed by atoms with E-state index < -0.39 is 0 Å². The molecule has 1 aliphatic heterocycles. The Kier molecular flexibility index (Phi) is 6.02. The van der Waals surface area contributed by atoms with Crippen molar-refractivity contribution in [1.29, 1.82) is 0 Å². The average Bonchev–Trinajstić information content (AvgIpc) is 2.54. The normalized spacial score (nSPS) is 16.6. The number of amides is 1. The van der Waals surface area contributed by atoms with E-state index in [4.69, 9.17) is 9.47 Å². The highest BCUT2D eigenvalue weighted by Gasteiger charge is 2.17. The minimum Gasteiger partial charge on any atom is -0.484 e. The largest absolute Gasteiger partial charge is 0.484 e. The third-order valence-corrected chi connectivity index (χ3v) is 3.68. The molecular weight excluding hydrogens is 268 g/mol. The van der Waals surface area contributed by atoms with E-state index in [-0.39, 0.29) is 12.5 Å². The standard InChI is InChI=1S/C16H24N2O3/c1-13(17-2)11-14-3-5-15(6-4-14)21-12-16(19)18-7-9-20-10-8-18/h3-6,13,17H,7-12H2,1-2H3. The first-order valence-corrected chi connectivity index (χ1v) is 7.43. The second-order valence-electron chi connectivity index (χ2n) is 5.32. The van der Waals surface area contributed by atoms with E-state index in [2.05, 4.69) is 12.2 Å². The zero-order valence-electron chi connectivity index (χ0n) is 12.8. The van der Waals surface area contributed by atoms with E-state index in [0.717, 1.165) is 12.2 Å². The van der Waals surface area contributed by atoms with Gasteiger partial charge >= 0.3 is 0 Å². The van der Waals surface area contributed by atoms with Gasteiger partial charge in [0.15, 0.2) is 6.61 Å². The summed E-state index contributed by atoms with van der Waals surface area (Å²) >= 11 is 0. The number of carbonyl (C=O) groups is 1. The fourth-order valence-corrected chi connectivity index (χ4v) is 2.23. The van der Waals surface area contributed by atoms with Crippen LogP contribution in [0.3, 0.4) is 0 Å². The zero-order chi connectivity index (χ0) is 15.1. The molecule has 1 fully saturated rings. The van der Waals surface area contributed by atoms with Crippen molar-refractivity contribution in [3.63, 3.8) is 0 Å². The summed E-state index contributed by atoms with van der Waals surface area (Å²) in [5, 5.41) is 3.21. The Morgan fingerprint density at radius 1 is 1.33 bits per heavy atom. The summed E-state index contributed by atoms with van der Waals surface area (Å²) in [6.07, 6.45) is 0.976. The highest BCUT2D eigenvalue weighted by Crippen LogP contribution is 2.13. The lowest BCUT2D eigenvalue weighted by molar-refractivity contribution is -0.137. The number of ether oxygens (including phenoxy) is 2. The minimum absolute atomic E-state index is 0.0196. The van der Waals surface area contributed by atoms with E-state index in [1.54, 1.807) is 4.90 Å². The molecule has 2 rings (SSSR count). The SMILES string of the molecule is CNC(C)Cc1ccc(OCC(=O)N2CCOCC2)cc1. The van der Waals surface area contributed by atoms with Gasteiger partial charge in [0.25, 0.3) is 5.91 Å². The fourth-order valence-electron chi connectivity index (χ4n) is 2.23. The fraction of sp³-hybridized carbons (Fsp3) is 0.562. The lowest BCUT2D eigenvalue weighted by Gasteiger charge is -2.26. The van der Waals surface area contributed by atoms with Gasteiger partial charge in [-0.25, -0.2) is 0 Å². The molecule has 5 nitrogen and oxygen atoms in total. The summed E-state index contributed by atoms with van der Waals surface area (Å²) in [5.74, 6) is 0.753. The van der Waals surface area contributed by atoms with Crippen LogP contribution in [-0.2, 0) is 16.0 Å². The molecule has 0 aliphatic carbocycles. The molecule has 0 bridgehead atoms. The van der Waals surface area contributed by atoms with Gasteiger partial charge in [-0.1, -0.05) is 12.1 Å². The van der Waals surface area contributed by atoms with Gasteiger partial charge in [-0.3, -0.25) is 4.79 Å². The molecule has 116 valence electrons. The number of benzene rings is 1. The summed E-state index contributed by atoms with van der Waals surface area (Å²) in [5.41, 5.74) is 1.25. The Morgan fingerprint density at radius 3 is 2.62 bits per heavy atom. The van der Waals surface area contributed by atoms with E-state index in [1.165, 1.54) is 5.56 Å². The van der Waals surface area contributed by atoms with Gasteiger partial charge in [0.2, 0.25) is 0 Å². The highest BCUT2D eigenvalue weighted by molar-refractivity contribution is 5.77. The molecule has 1 atom stereocenters. The van der Waals surface area contributed by atoms with Crippen LogP contribution < -0.4 is 10.1 Å². The first-order valence-electron chi connectivity index (χ1n) is 7.43. The van der Waals surface area contributed by atoms with Crippen LogP contribution in [0.4, 0.5) is 0 Å². The van der Waals surface area contributed by atoms with Crippen molar-refractivity contribution in [2.24, 2.45) is 0 Å². The van der Waals surface area contributed by atoms with Crippen LogP contribution in [0.15, 0.2) is 24.3 Å². The summed E-state index contributed by atoms with van der Waals surface area (Å²) in [7, 11) is 1.96. The van der Waals surface area contributed by atoms with Crippen molar-refractivity contribution in [2.75, 3.05) is 40.0 Å². The Morgan fingerprint density at radius 2 is 2.00 bits per heavy atom. The molecule has 0 radical (unpaired) electrons. The van der Waals surface area contributed by atoms with Gasteiger partial charge in [0.05, 0.1) is 13.2 Å². The quantitative estimate of drug-likeness (QED) is 0.852. The third-order valence-electron chi connectivity index (χ3n) is 3.68. The summed E-state index contributed by atoms with van der Waals surface area (Å²) in [4.78, 5) is 13.7. The van der Waals surface area contributed by atoms with Gasteiger partial charge in [-0.2, -0.15) is 0 Å². The van der Waals surface area contributed by atoms with Crippen molar-refractivity contribution in [2.45, 2.75) is 19.4 Å². The predicted molar refractivity (Wildman–Crippen MR) is 81.6 cm³/mol. The number of morpholine rings is 1. The molecule has 1 heterocycles. The lowest BCUT2D eigenvalue weighted by atomic mass is 10.1. The number of likely N-dealkylation sites (N-methyl/N-ethyl adjacent to an activating group) is 1. The second-order valence-corrected chi connectivity index (χ2v) is 5.32. The summed E-state index contributed by atoms with van der Waals surface area (Å²) in [6, 6.07) is 8.37. The predicted octanol–water partition coefficient (Wildman–Crippen LogP) is 1.07. The summed E-state index contributed by atoms with van der Waals surface area (Å²) < 4.78 is 10.8. The van der Waals surface area contributed by atoms with Crippen molar-refractivity contribution >= 4 is 5.91 Å². The van der Waals surface area contributed by atoms with Crippen LogP contribution in [0.1, 0.15) is 12.5 Å². The number of rotatable bonds is 6. The smallest absolute Gasteiger partial charge is 0.260 e. The van der Waals surface area contributed by atoms with Crippen molar-refractivity contribution < 1.29 is 14.3 Å². The Hall–Kier alpha value is -1.59. The van der Waals surface area contributed by atoms with Crippen LogP contribution in [0, 0.1) is 0 Å². The van der Waals surface area contributed by atoms with Crippen LogP contribution in [0.25, 0.3) is 0 Å². The van der Waals surface area contributed by atoms with Crippen LogP contribution >= 0.6 is 0 Å². The third kappa shape index (κ3) is 5.02.